The summed E-state index contributed by atoms with van der Waals surface area (Å²) in [6.45, 7) is 3.92. The van der Waals surface area contributed by atoms with E-state index in [1.54, 1.807) is 43.8 Å². The highest BCUT2D eigenvalue weighted by Crippen LogP contribution is 2.15. The Kier molecular flexibility index (Phi) is 4.35. The fourth-order valence-corrected chi connectivity index (χ4v) is 2.41. The molecule has 0 N–H and O–H groups in total. The molecule has 8 heteroatoms. The Morgan fingerprint density at radius 3 is 2.62 bits per heavy atom. The molecule has 1 amide bonds. The SMILES string of the molecule is Cc1cc(CN(C)C(=O)c2nc(C)n(-c3ccc(Cl)cc3)n2)no1. The van der Waals surface area contributed by atoms with Crippen molar-refractivity contribution in [1.82, 2.24) is 24.8 Å². The third-order valence-electron chi connectivity index (χ3n) is 3.45. The van der Waals surface area contributed by atoms with Crippen molar-refractivity contribution in [1.29, 1.82) is 0 Å². The molecule has 0 aliphatic rings. The highest BCUT2D eigenvalue weighted by molar-refractivity contribution is 6.30. The molecule has 0 unspecified atom stereocenters. The summed E-state index contributed by atoms with van der Waals surface area (Å²) in [6, 6.07) is 8.95. The maximum atomic E-state index is 12.5. The molecule has 2 heterocycles. The number of carbonyl (C=O) groups is 1. The molecular formula is C16H16ClN5O2. The first-order chi connectivity index (χ1) is 11.4. The number of carbonyl (C=O) groups excluding carboxylic acids is 1. The van der Waals surface area contributed by atoms with Gasteiger partial charge >= 0.3 is 0 Å². The number of benzene rings is 1. The molecule has 0 saturated heterocycles. The standard InChI is InChI=1S/C16H16ClN5O2/c1-10-8-13(20-24-10)9-21(3)16(23)15-18-11(2)22(19-15)14-6-4-12(17)5-7-14/h4-8H,9H2,1-3H3. The number of aromatic nitrogens is 4. The fraction of sp³-hybridized carbons (Fsp3) is 0.250. The number of aryl methyl sites for hydroxylation is 2. The van der Waals surface area contributed by atoms with Gasteiger partial charge in [-0.3, -0.25) is 4.79 Å². The summed E-state index contributed by atoms with van der Waals surface area (Å²) in [5, 5.41) is 8.82. The number of nitrogens with zero attached hydrogens (tertiary/aromatic N) is 5. The molecule has 0 atom stereocenters. The molecule has 0 aliphatic heterocycles. The van der Waals surface area contributed by atoms with Gasteiger partial charge < -0.3 is 9.42 Å². The Labute approximate surface area is 143 Å². The van der Waals surface area contributed by atoms with Gasteiger partial charge in [0.2, 0.25) is 5.82 Å². The molecule has 0 fully saturated rings. The van der Waals surface area contributed by atoms with Crippen LogP contribution in [0, 0.1) is 13.8 Å². The largest absolute Gasteiger partial charge is 0.361 e. The van der Waals surface area contributed by atoms with Crippen LogP contribution < -0.4 is 0 Å². The second-order valence-electron chi connectivity index (χ2n) is 5.46. The third-order valence-corrected chi connectivity index (χ3v) is 3.71. The van der Waals surface area contributed by atoms with Crippen molar-refractivity contribution in [3.8, 4) is 5.69 Å². The number of halogens is 1. The molecule has 24 heavy (non-hydrogen) atoms. The molecule has 3 aromatic rings. The highest BCUT2D eigenvalue weighted by Gasteiger charge is 2.20. The summed E-state index contributed by atoms with van der Waals surface area (Å²) in [5.74, 6) is 1.16. The van der Waals surface area contributed by atoms with Crippen molar-refractivity contribution in [2.45, 2.75) is 20.4 Å². The quantitative estimate of drug-likeness (QED) is 0.726. The third kappa shape index (κ3) is 3.30. The summed E-state index contributed by atoms with van der Waals surface area (Å²) in [5.41, 5.74) is 1.47. The van der Waals surface area contributed by atoms with E-state index in [1.165, 1.54) is 4.90 Å². The Hall–Kier alpha value is -2.67. The molecule has 2 aromatic heterocycles. The zero-order valence-corrected chi connectivity index (χ0v) is 14.3. The smallest absolute Gasteiger partial charge is 0.293 e. The van der Waals surface area contributed by atoms with Crippen molar-refractivity contribution < 1.29 is 9.32 Å². The lowest BCUT2D eigenvalue weighted by atomic mass is 10.3. The second-order valence-corrected chi connectivity index (χ2v) is 5.90. The number of hydrogen-bond donors (Lipinski definition) is 0. The van der Waals surface area contributed by atoms with Gasteiger partial charge in [0.25, 0.3) is 5.91 Å². The minimum Gasteiger partial charge on any atom is -0.361 e. The van der Waals surface area contributed by atoms with Gasteiger partial charge in [-0.1, -0.05) is 16.8 Å². The summed E-state index contributed by atoms with van der Waals surface area (Å²) in [4.78, 5) is 18.3. The molecule has 0 aliphatic carbocycles. The average Bonchev–Trinajstić information content (AvgIpc) is 3.13. The highest BCUT2D eigenvalue weighted by atomic mass is 35.5. The first kappa shape index (κ1) is 16.2. The van der Waals surface area contributed by atoms with Crippen molar-refractivity contribution >= 4 is 17.5 Å². The maximum Gasteiger partial charge on any atom is 0.293 e. The molecule has 0 saturated carbocycles. The van der Waals surface area contributed by atoms with E-state index in [0.29, 0.717) is 28.8 Å². The lowest BCUT2D eigenvalue weighted by Crippen LogP contribution is -2.27. The van der Waals surface area contributed by atoms with Gasteiger partial charge in [0.05, 0.1) is 12.2 Å². The molecule has 0 radical (unpaired) electrons. The van der Waals surface area contributed by atoms with Crippen LogP contribution in [0.25, 0.3) is 5.69 Å². The lowest BCUT2D eigenvalue weighted by Gasteiger charge is -2.12. The molecular weight excluding hydrogens is 330 g/mol. The second kappa shape index (κ2) is 6.45. The summed E-state index contributed by atoms with van der Waals surface area (Å²) >= 11 is 5.90. The van der Waals surface area contributed by atoms with Crippen molar-refractivity contribution in [2.75, 3.05) is 7.05 Å². The molecule has 3 rings (SSSR count). The van der Waals surface area contributed by atoms with Crippen LogP contribution in [0.2, 0.25) is 5.02 Å². The molecule has 0 bridgehead atoms. The van der Waals surface area contributed by atoms with Crippen molar-refractivity contribution in [3.05, 3.63) is 58.5 Å². The van der Waals surface area contributed by atoms with Crippen LogP contribution in [0.1, 0.15) is 27.9 Å². The molecule has 7 nitrogen and oxygen atoms in total. The van der Waals surface area contributed by atoms with Crippen LogP contribution in [-0.4, -0.2) is 37.8 Å². The van der Waals surface area contributed by atoms with E-state index in [1.807, 2.05) is 12.1 Å². The Morgan fingerprint density at radius 2 is 2.00 bits per heavy atom. The maximum absolute atomic E-state index is 12.5. The van der Waals surface area contributed by atoms with Crippen LogP contribution in [0.15, 0.2) is 34.9 Å². The number of amides is 1. The predicted molar refractivity (Wildman–Crippen MR) is 88.1 cm³/mol. The molecule has 0 spiro atoms. The van der Waals surface area contributed by atoms with E-state index in [0.717, 1.165) is 5.69 Å². The zero-order valence-electron chi connectivity index (χ0n) is 13.5. The summed E-state index contributed by atoms with van der Waals surface area (Å²) in [6.07, 6.45) is 0. The van der Waals surface area contributed by atoms with Gasteiger partial charge in [-0.25, -0.2) is 9.67 Å². The van der Waals surface area contributed by atoms with E-state index in [4.69, 9.17) is 16.1 Å². The van der Waals surface area contributed by atoms with E-state index in [-0.39, 0.29) is 11.7 Å². The predicted octanol–water partition coefficient (Wildman–Crippen LogP) is 2.80. The van der Waals surface area contributed by atoms with Gasteiger partial charge in [0.15, 0.2) is 0 Å². The van der Waals surface area contributed by atoms with Crippen LogP contribution in [0.3, 0.4) is 0 Å². The van der Waals surface area contributed by atoms with Crippen LogP contribution in [0.5, 0.6) is 0 Å². The Morgan fingerprint density at radius 1 is 1.29 bits per heavy atom. The molecule has 124 valence electrons. The zero-order chi connectivity index (χ0) is 17.3. The van der Waals surface area contributed by atoms with Gasteiger partial charge in [0, 0.05) is 18.1 Å². The first-order valence-electron chi connectivity index (χ1n) is 7.31. The van der Waals surface area contributed by atoms with Crippen LogP contribution in [-0.2, 0) is 6.54 Å². The van der Waals surface area contributed by atoms with Crippen LogP contribution in [0.4, 0.5) is 0 Å². The monoisotopic (exact) mass is 345 g/mol. The van der Waals surface area contributed by atoms with E-state index >= 15 is 0 Å². The van der Waals surface area contributed by atoms with E-state index in [2.05, 4.69) is 15.2 Å². The van der Waals surface area contributed by atoms with Gasteiger partial charge in [-0.15, -0.1) is 5.10 Å². The fourth-order valence-electron chi connectivity index (χ4n) is 2.29. The van der Waals surface area contributed by atoms with E-state index in [9.17, 15) is 4.79 Å². The Balaban J connectivity index is 1.80. The average molecular weight is 346 g/mol. The number of hydrogen-bond acceptors (Lipinski definition) is 5. The summed E-state index contributed by atoms with van der Waals surface area (Å²) < 4.78 is 6.62. The topological polar surface area (TPSA) is 77.1 Å². The minimum atomic E-state index is -0.286. The lowest BCUT2D eigenvalue weighted by molar-refractivity contribution is 0.0770. The van der Waals surface area contributed by atoms with E-state index < -0.39 is 0 Å². The minimum absolute atomic E-state index is 0.130. The van der Waals surface area contributed by atoms with Crippen molar-refractivity contribution in [2.24, 2.45) is 0 Å². The number of rotatable bonds is 4. The summed E-state index contributed by atoms with van der Waals surface area (Å²) in [7, 11) is 1.67. The first-order valence-corrected chi connectivity index (χ1v) is 7.69. The molecule has 1 aromatic carbocycles. The van der Waals surface area contributed by atoms with Gasteiger partial charge in [-0.2, -0.15) is 0 Å². The van der Waals surface area contributed by atoms with Gasteiger partial charge in [0.1, 0.15) is 17.3 Å². The normalized spacial score (nSPS) is 10.8. The van der Waals surface area contributed by atoms with Gasteiger partial charge in [-0.05, 0) is 38.1 Å². The van der Waals surface area contributed by atoms with Crippen molar-refractivity contribution in [3.63, 3.8) is 0 Å². The van der Waals surface area contributed by atoms with Crippen LogP contribution >= 0.6 is 11.6 Å². The Bertz CT molecular complexity index is 869.